The summed E-state index contributed by atoms with van der Waals surface area (Å²) >= 11 is 0. The van der Waals surface area contributed by atoms with Crippen LogP contribution < -0.4 is 16.2 Å². The Balaban J connectivity index is 3.47. The zero-order valence-corrected chi connectivity index (χ0v) is 11.4. The van der Waals surface area contributed by atoms with Crippen molar-refractivity contribution in [3.63, 3.8) is 0 Å². The first-order valence-corrected chi connectivity index (χ1v) is 5.97. The van der Waals surface area contributed by atoms with Crippen LogP contribution in [0.4, 0.5) is 0 Å². The van der Waals surface area contributed by atoms with Gasteiger partial charge < -0.3 is 21.0 Å². The molecule has 8 nitrogen and oxygen atoms in total. The Kier molecular flexibility index (Phi) is 4.73. The van der Waals surface area contributed by atoms with E-state index in [2.05, 4.69) is 10.7 Å². The highest BCUT2D eigenvalue weighted by Crippen LogP contribution is 2.12. The summed E-state index contributed by atoms with van der Waals surface area (Å²) in [5.41, 5.74) is 0.737. The minimum absolute atomic E-state index is 0.211. The smallest absolute Gasteiger partial charge is 0.341 e. The Morgan fingerprint density at radius 1 is 1.40 bits per heavy atom. The molecular weight excluding hydrogens is 266 g/mol. The molecule has 1 rings (SSSR count). The fraction of sp³-hybridized carbons (Fsp3) is 0.417. The van der Waals surface area contributed by atoms with Gasteiger partial charge in [-0.25, -0.2) is 4.79 Å². The van der Waals surface area contributed by atoms with Crippen LogP contribution in [0.15, 0.2) is 11.0 Å². The second-order valence-electron chi connectivity index (χ2n) is 4.58. The summed E-state index contributed by atoms with van der Waals surface area (Å²) in [7, 11) is 1.34. The summed E-state index contributed by atoms with van der Waals surface area (Å²) < 4.78 is 1.05. The molecule has 1 amide bonds. The van der Waals surface area contributed by atoms with E-state index < -0.39 is 28.6 Å². The highest BCUT2D eigenvalue weighted by molar-refractivity contribution is 5.96. The minimum Gasteiger partial charge on any atom is -0.502 e. The van der Waals surface area contributed by atoms with E-state index in [1.54, 1.807) is 0 Å². The van der Waals surface area contributed by atoms with Gasteiger partial charge in [-0.3, -0.25) is 14.3 Å². The van der Waals surface area contributed by atoms with Crippen LogP contribution in [0, 0.1) is 5.92 Å². The van der Waals surface area contributed by atoms with Gasteiger partial charge in [0.25, 0.3) is 5.91 Å². The quantitative estimate of drug-likeness (QED) is 0.594. The van der Waals surface area contributed by atoms with Gasteiger partial charge in [-0.2, -0.15) is 0 Å². The number of aromatic hydroxyl groups is 1. The van der Waals surface area contributed by atoms with Crippen molar-refractivity contribution in [2.45, 2.75) is 13.8 Å². The number of carboxylic acids is 1. The van der Waals surface area contributed by atoms with Crippen LogP contribution >= 0.6 is 0 Å². The molecule has 0 saturated carbocycles. The van der Waals surface area contributed by atoms with Crippen LogP contribution in [0.1, 0.15) is 34.7 Å². The molecule has 0 unspecified atom stereocenters. The molecule has 0 aliphatic heterocycles. The Morgan fingerprint density at radius 3 is 2.45 bits per heavy atom. The molecule has 0 aliphatic carbocycles. The molecule has 0 atom stereocenters. The van der Waals surface area contributed by atoms with Gasteiger partial charge in [-0.05, 0) is 5.92 Å². The molecule has 0 fully saturated rings. The maximum Gasteiger partial charge on any atom is 0.341 e. The predicted molar refractivity (Wildman–Crippen MR) is 71.8 cm³/mol. The van der Waals surface area contributed by atoms with Crippen LogP contribution in [-0.2, 0) is 0 Å². The van der Waals surface area contributed by atoms with Crippen molar-refractivity contribution >= 4 is 11.9 Å². The van der Waals surface area contributed by atoms with Crippen molar-refractivity contribution in [1.82, 2.24) is 9.99 Å². The molecule has 1 heterocycles. The fourth-order valence-electron chi connectivity index (χ4n) is 1.49. The second kappa shape index (κ2) is 6.09. The van der Waals surface area contributed by atoms with E-state index in [4.69, 9.17) is 5.11 Å². The summed E-state index contributed by atoms with van der Waals surface area (Å²) in [6.45, 7) is 4.24. The lowest BCUT2D eigenvalue weighted by atomic mass is 10.2. The molecule has 1 aromatic heterocycles. The number of pyridine rings is 1. The van der Waals surface area contributed by atoms with Gasteiger partial charge >= 0.3 is 5.97 Å². The summed E-state index contributed by atoms with van der Waals surface area (Å²) in [4.78, 5) is 34.4. The Hall–Kier alpha value is -2.51. The molecule has 0 saturated heterocycles. The van der Waals surface area contributed by atoms with E-state index in [0.717, 1.165) is 10.9 Å². The van der Waals surface area contributed by atoms with Crippen molar-refractivity contribution < 1.29 is 19.8 Å². The molecule has 110 valence electrons. The minimum atomic E-state index is -1.48. The largest absolute Gasteiger partial charge is 0.502 e. The molecular formula is C12H17N3O5. The van der Waals surface area contributed by atoms with Gasteiger partial charge in [0, 0.05) is 19.8 Å². The third-order valence-electron chi connectivity index (χ3n) is 2.53. The molecule has 1 aromatic rings. The number of hydrogen-bond acceptors (Lipinski definition) is 5. The number of aromatic carboxylic acids is 1. The van der Waals surface area contributed by atoms with Crippen molar-refractivity contribution in [2.24, 2.45) is 5.92 Å². The first kappa shape index (κ1) is 15.5. The van der Waals surface area contributed by atoms with Crippen LogP contribution in [-0.4, -0.2) is 40.4 Å². The summed E-state index contributed by atoms with van der Waals surface area (Å²) in [6, 6.07) is 0. The van der Waals surface area contributed by atoms with Crippen molar-refractivity contribution in [3.05, 3.63) is 27.7 Å². The van der Waals surface area contributed by atoms with E-state index >= 15 is 0 Å². The number of aromatic nitrogens is 1. The third kappa shape index (κ3) is 3.08. The number of nitrogens with zero attached hydrogens (tertiary/aromatic N) is 1. The highest BCUT2D eigenvalue weighted by atomic mass is 16.4. The second-order valence-corrected chi connectivity index (χ2v) is 4.58. The van der Waals surface area contributed by atoms with Crippen LogP contribution in [0.5, 0.6) is 5.75 Å². The maximum absolute atomic E-state index is 11.7. The molecule has 0 radical (unpaired) electrons. The number of nitrogens with one attached hydrogen (secondary N) is 2. The fourth-order valence-corrected chi connectivity index (χ4v) is 1.49. The van der Waals surface area contributed by atoms with E-state index in [1.165, 1.54) is 7.05 Å². The SMILES string of the molecule is CNC(=O)c1c(O)c(=O)c(C(=O)O)cn1NCC(C)C. The lowest BCUT2D eigenvalue weighted by molar-refractivity contribution is 0.0692. The summed E-state index contributed by atoms with van der Waals surface area (Å²) in [5.74, 6) is -2.87. The zero-order chi connectivity index (χ0) is 15.4. The summed E-state index contributed by atoms with van der Waals surface area (Å²) in [5, 5.41) is 21.0. The first-order valence-electron chi connectivity index (χ1n) is 5.97. The standard InChI is InChI=1S/C12H17N3O5/c1-6(2)4-14-15-5-7(12(19)20)9(16)10(17)8(15)11(18)13-3/h5-6,14,17H,4H2,1-3H3,(H,13,18)(H,19,20). The molecule has 4 N–H and O–H groups in total. The van der Waals surface area contributed by atoms with E-state index in [0.29, 0.717) is 6.54 Å². The average Bonchev–Trinajstić information content (AvgIpc) is 2.38. The number of carbonyl (C=O) groups is 2. The van der Waals surface area contributed by atoms with Crippen LogP contribution in [0.3, 0.4) is 0 Å². The molecule has 0 spiro atoms. The Bertz CT molecular complexity index is 591. The molecule has 8 heteroatoms. The van der Waals surface area contributed by atoms with Crippen LogP contribution in [0.2, 0.25) is 0 Å². The van der Waals surface area contributed by atoms with Crippen molar-refractivity contribution in [1.29, 1.82) is 0 Å². The molecule has 20 heavy (non-hydrogen) atoms. The maximum atomic E-state index is 11.7. The highest BCUT2D eigenvalue weighted by Gasteiger charge is 2.23. The lowest BCUT2D eigenvalue weighted by Crippen LogP contribution is -2.33. The van der Waals surface area contributed by atoms with E-state index in [-0.39, 0.29) is 11.6 Å². The van der Waals surface area contributed by atoms with Gasteiger partial charge in [-0.15, -0.1) is 0 Å². The van der Waals surface area contributed by atoms with Gasteiger partial charge in [0.1, 0.15) is 5.56 Å². The van der Waals surface area contributed by atoms with Crippen LogP contribution in [0.25, 0.3) is 0 Å². The Morgan fingerprint density at radius 2 is 2.00 bits per heavy atom. The van der Waals surface area contributed by atoms with Crippen molar-refractivity contribution in [2.75, 3.05) is 19.0 Å². The van der Waals surface area contributed by atoms with Gasteiger partial charge in [0.15, 0.2) is 11.4 Å². The lowest BCUT2D eigenvalue weighted by Gasteiger charge is -2.17. The van der Waals surface area contributed by atoms with Gasteiger partial charge in [-0.1, -0.05) is 13.8 Å². The van der Waals surface area contributed by atoms with Crippen molar-refractivity contribution in [3.8, 4) is 5.75 Å². The van der Waals surface area contributed by atoms with E-state index in [9.17, 15) is 19.5 Å². The van der Waals surface area contributed by atoms with Gasteiger partial charge in [0.2, 0.25) is 5.43 Å². The number of hydrogen-bond donors (Lipinski definition) is 4. The molecule has 0 aromatic carbocycles. The number of carbonyl (C=O) groups excluding carboxylic acids is 1. The zero-order valence-electron chi connectivity index (χ0n) is 11.4. The first-order chi connectivity index (χ1) is 9.29. The summed E-state index contributed by atoms with van der Waals surface area (Å²) in [6.07, 6.45) is 0.983. The van der Waals surface area contributed by atoms with Gasteiger partial charge in [0.05, 0.1) is 0 Å². The number of amides is 1. The molecule has 0 bridgehead atoms. The average molecular weight is 283 g/mol. The monoisotopic (exact) mass is 283 g/mol. The number of carboxylic acid groups (broad SMARTS) is 1. The Labute approximate surface area is 115 Å². The topological polar surface area (TPSA) is 121 Å². The van der Waals surface area contributed by atoms with E-state index in [1.807, 2.05) is 13.8 Å². The molecule has 0 aliphatic rings. The third-order valence-corrected chi connectivity index (χ3v) is 2.53. The predicted octanol–water partition coefficient (Wildman–Crippen LogP) is -0.189. The number of rotatable bonds is 5. The normalized spacial score (nSPS) is 10.4.